The van der Waals surface area contributed by atoms with Gasteiger partial charge in [0.05, 0.1) is 6.10 Å². The lowest BCUT2D eigenvalue weighted by Crippen LogP contribution is -2.69. The lowest BCUT2D eigenvalue weighted by atomic mass is 9.48. The number of allylic oxidation sites excluding steroid dienone is 1. The van der Waals surface area contributed by atoms with Gasteiger partial charge in [0.1, 0.15) is 17.8 Å². The molecule has 0 radical (unpaired) electrons. The first-order chi connectivity index (χ1) is 18.1. The van der Waals surface area contributed by atoms with Gasteiger partial charge in [-0.25, -0.2) is 4.79 Å². The Kier molecular flexibility index (Phi) is 7.53. The predicted octanol–water partition coefficient (Wildman–Crippen LogP) is 3.30. The molecule has 210 valence electrons. The van der Waals surface area contributed by atoms with Crippen LogP contribution in [0, 0.1) is 16.7 Å². The van der Waals surface area contributed by atoms with Crippen LogP contribution in [0.4, 0.5) is 0 Å². The van der Waals surface area contributed by atoms with Crippen LogP contribution in [0.25, 0.3) is 6.08 Å². The number of fused-ring (bicyclic) bond motifs is 3. The number of carbonyl (C=O) groups is 3. The van der Waals surface area contributed by atoms with Gasteiger partial charge in [-0.2, -0.15) is 0 Å². The van der Waals surface area contributed by atoms with E-state index in [1.54, 1.807) is 33.8 Å². The van der Waals surface area contributed by atoms with E-state index in [-0.39, 0.29) is 12.8 Å². The maximum absolute atomic E-state index is 13.1. The predicted molar refractivity (Wildman–Crippen MR) is 144 cm³/mol. The largest absolute Gasteiger partial charge is 0.455 e. The summed E-state index contributed by atoms with van der Waals surface area (Å²) < 4.78 is 11.4. The number of aliphatic hydroxyl groups is 3. The number of benzene rings is 1. The molecule has 39 heavy (non-hydrogen) atoms. The van der Waals surface area contributed by atoms with Crippen LogP contribution >= 0.6 is 0 Å². The lowest BCUT2D eigenvalue weighted by Gasteiger charge is -2.61. The number of ether oxygens (including phenoxy) is 2. The highest BCUT2D eigenvalue weighted by Crippen LogP contribution is 2.60. The molecule has 2 saturated carbocycles. The highest BCUT2D eigenvalue weighted by molar-refractivity contribution is 5.98. The summed E-state index contributed by atoms with van der Waals surface area (Å²) in [7, 11) is 0. The van der Waals surface area contributed by atoms with Crippen molar-refractivity contribution in [2.24, 2.45) is 16.7 Å². The van der Waals surface area contributed by atoms with Crippen molar-refractivity contribution in [1.82, 2.24) is 0 Å². The molecule has 0 heterocycles. The van der Waals surface area contributed by atoms with Gasteiger partial charge in [-0.1, -0.05) is 57.7 Å². The highest BCUT2D eigenvalue weighted by atomic mass is 16.6. The maximum atomic E-state index is 13.1. The third-order valence-electron chi connectivity index (χ3n) is 9.29. The van der Waals surface area contributed by atoms with Crippen molar-refractivity contribution < 1.29 is 39.2 Å². The Balaban J connectivity index is 1.75. The van der Waals surface area contributed by atoms with Gasteiger partial charge in [0.2, 0.25) is 0 Å². The fourth-order valence-electron chi connectivity index (χ4n) is 6.92. The Morgan fingerprint density at radius 1 is 1.08 bits per heavy atom. The van der Waals surface area contributed by atoms with Crippen molar-refractivity contribution in [3.05, 3.63) is 65.3 Å². The number of hydrogen-bond donors (Lipinski definition) is 3. The summed E-state index contributed by atoms with van der Waals surface area (Å²) in [5.41, 5.74) is -2.60. The minimum atomic E-state index is -1.97. The second kappa shape index (κ2) is 10.2. The van der Waals surface area contributed by atoms with Gasteiger partial charge in [-0.15, -0.1) is 0 Å². The van der Waals surface area contributed by atoms with Crippen LogP contribution in [0.2, 0.25) is 0 Å². The minimum Gasteiger partial charge on any atom is -0.455 e. The summed E-state index contributed by atoms with van der Waals surface area (Å²) in [5, 5.41) is 35.8. The average Bonchev–Trinajstić information content (AvgIpc) is 2.87. The minimum absolute atomic E-state index is 0.268. The number of esters is 2. The molecule has 4 rings (SSSR count). The first kappa shape index (κ1) is 28.9. The van der Waals surface area contributed by atoms with E-state index in [1.807, 2.05) is 30.3 Å². The fourth-order valence-corrected chi connectivity index (χ4v) is 6.92. The number of rotatable bonds is 4. The number of ketones is 1. The van der Waals surface area contributed by atoms with E-state index in [1.165, 1.54) is 13.0 Å². The molecule has 0 spiro atoms. The van der Waals surface area contributed by atoms with Gasteiger partial charge >= 0.3 is 11.9 Å². The fraction of sp³-hybridized carbons (Fsp3) is 0.516. The SMILES string of the molecule is C=C1[C@@H](OC(=O)/C=C/c2ccccc2)CC[C@@]2(C)[C@@H](O)[C@H](OC(C)=O)C3=C(C)C(=O)C[C@@](O)([C@@H](O)[C@H]12)C3(C)C. The first-order valence-corrected chi connectivity index (χ1v) is 13.3. The Morgan fingerprint density at radius 3 is 2.33 bits per heavy atom. The maximum Gasteiger partial charge on any atom is 0.331 e. The highest BCUT2D eigenvalue weighted by Gasteiger charge is 2.67. The number of carbonyl (C=O) groups excluding carboxylic acids is 3. The Bertz CT molecular complexity index is 1240. The molecule has 3 N–H and O–H groups in total. The molecule has 0 aromatic heterocycles. The molecular formula is C31H38O8. The normalized spacial score (nSPS) is 36.2. The monoisotopic (exact) mass is 538 g/mol. The molecule has 0 unspecified atom stereocenters. The van der Waals surface area contributed by atoms with Gasteiger partial charge in [0.15, 0.2) is 11.9 Å². The van der Waals surface area contributed by atoms with E-state index in [4.69, 9.17) is 9.47 Å². The number of hydrogen-bond acceptors (Lipinski definition) is 8. The molecule has 7 atom stereocenters. The zero-order valence-corrected chi connectivity index (χ0v) is 23.1. The second-order valence-electron chi connectivity index (χ2n) is 11.9. The van der Waals surface area contributed by atoms with Crippen molar-refractivity contribution in [3.63, 3.8) is 0 Å². The number of aliphatic hydroxyl groups excluding tert-OH is 2. The summed E-state index contributed by atoms with van der Waals surface area (Å²) in [4.78, 5) is 38.0. The molecule has 8 nitrogen and oxygen atoms in total. The molecule has 3 aliphatic carbocycles. The molecule has 0 aliphatic heterocycles. The smallest absolute Gasteiger partial charge is 0.331 e. The number of Topliss-reactive ketones (excluding diaryl/α,β-unsaturated/α-hetero) is 1. The molecule has 1 aromatic rings. The molecule has 0 saturated heterocycles. The van der Waals surface area contributed by atoms with Crippen LogP contribution in [0.1, 0.15) is 59.4 Å². The molecule has 8 heteroatoms. The summed E-state index contributed by atoms with van der Waals surface area (Å²) in [6.07, 6.45) is -1.75. The van der Waals surface area contributed by atoms with E-state index < -0.39 is 64.5 Å². The van der Waals surface area contributed by atoms with E-state index in [0.29, 0.717) is 23.1 Å². The topological polar surface area (TPSA) is 130 Å². The van der Waals surface area contributed by atoms with Crippen LogP contribution in [-0.2, 0) is 23.9 Å². The van der Waals surface area contributed by atoms with Crippen LogP contribution in [0.5, 0.6) is 0 Å². The van der Waals surface area contributed by atoms with Crippen molar-refractivity contribution in [2.75, 3.05) is 0 Å². The third-order valence-corrected chi connectivity index (χ3v) is 9.29. The van der Waals surface area contributed by atoms with Gasteiger partial charge < -0.3 is 24.8 Å². The van der Waals surface area contributed by atoms with Crippen LogP contribution in [0.3, 0.4) is 0 Å². The van der Waals surface area contributed by atoms with Crippen molar-refractivity contribution in [1.29, 1.82) is 0 Å². The Labute approximate surface area is 229 Å². The van der Waals surface area contributed by atoms with E-state index in [0.717, 1.165) is 5.56 Å². The third kappa shape index (κ3) is 4.68. The van der Waals surface area contributed by atoms with Crippen LogP contribution in [-0.4, -0.2) is 63.1 Å². The molecule has 2 bridgehead atoms. The zero-order valence-electron chi connectivity index (χ0n) is 23.1. The zero-order chi connectivity index (χ0) is 28.9. The summed E-state index contributed by atoms with van der Waals surface area (Å²) in [6, 6.07) is 9.26. The molecule has 3 aliphatic rings. The Morgan fingerprint density at radius 2 is 1.72 bits per heavy atom. The summed E-state index contributed by atoms with van der Waals surface area (Å²) >= 11 is 0. The second-order valence-corrected chi connectivity index (χ2v) is 11.9. The van der Waals surface area contributed by atoms with Gasteiger partial charge in [0.25, 0.3) is 0 Å². The van der Waals surface area contributed by atoms with Crippen LogP contribution < -0.4 is 0 Å². The Hall–Kier alpha value is -3.07. The molecule has 2 fully saturated rings. The quantitative estimate of drug-likeness (QED) is 0.303. The summed E-state index contributed by atoms with van der Waals surface area (Å²) in [6.45, 7) is 12.1. The van der Waals surface area contributed by atoms with Gasteiger partial charge in [-0.3, -0.25) is 9.59 Å². The lowest BCUT2D eigenvalue weighted by molar-refractivity contribution is -0.220. The van der Waals surface area contributed by atoms with Crippen LogP contribution in [0.15, 0.2) is 59.7 Å². The van der Waals surface area contributed by atoms with Crippen molar-refractivity contribution in [2.45, 2.75) is 83.9 Å². The van der Waals surface area contributed by atoms with E-state index >= 15 is 0 Å². The van der Waals surface area contributed by atoms with Gasteiger partial charge in [0, 0.05) is 36.2 Å². The van der Waals surface area contributed by atoms with Gasteiger partial charge in [-0.05, 0) is 48.1 Å². The van der Waals surface area contributed by atoms with Crippen molar-refractivity contribution in [3.8, 4) is 0 Å². The first-order valence-electron chi connectivity index (χ1n) is 13.3. The standard InChI is InChI=1S/C31H38O8/c1-17-21(33)16-31(37)27(35)25-18(2)22(39-23(34)13-12-20-10-8-7-9-11-20)14-15-30(25,6)28(36)26(38-19(3)32)24(17)29(31,4)5/h7-13,22,25-28,35-37H,2,14-16H2,1,3-6H3/b13-12+/t22-,25-,26+,27-,28-,30+,31+/m0/s1. The van der Waals surface area contributed by atoms with E-state index in [9.17, 15) is 29.7 Å². The average molecular weight is 539 g/mol. The summed E-state index contributed by atoms with van der Waals surface area (Å²) in [5.74, 6) is -2.63. The molecule has 0 amide bonds. The molecular weight excluding hydrogens is 500 g/mol. The molecule has 1 aromatic carbocycles. The van der Waals surface area contributed by atoms with Crippen molar-refractivity contribution >= 4 is 23.8 Å². The van der Waals surface area contributed by atoms with E-state index in [2.05, 4.69) is 6.58 Å².